The zero-order chi connectivity index (χ0) is 19.3. The van der Waals surface area contributed by atoms with Gasteiger partial charge in [-0.15, -0.1) is 11.3 Å². The zero-order valence-electron chi connectivity index (χ0n) is 15.5. The fourth-order valence-corrected chi connectivity index (χ4v) is 5.23. The molecule has 0 aliphatic heterocycles. The number of carboxylic acids is 1. The van der Waals surface area contributed by atoms with E-state index in [1.54, 1.807) is 0 Å². The van der Waals surface area contributed by atoms with Crippen LogP contribution in [0, 0.1) is 44.4 Å². The highest BCUT2D eigenvalue weighted by atomic mass is 32.1. The van der Waals surface area contributed by atoms with Gasteiger partial charge >= 0.3 is 5.97 Å². The van der Waals surface area contributed by atoms with E-state index < -0.39 is 17.8 Å². The summed E-state index contributed by atoms with van der Waals surface area (Å²) in [6.07, 6.45) is 4.68. The first-order valence-corrected chi connectivity index (χ1v) is 9.94. The minimum atomic E-state index is -0.890. The molecule has 5 nitrogen and oxygen atoms in total. The number of nitrogens with one attached hydrogen (secondary N) is 1. The summed E-state index contributed by atoms with van der Waals surface area (Å²) in [5.74, 6) is -2.31. The molecule has 2 aromatic rings. The number of benzene rings is 1. The van der Waals surface area contributed by atoms with Crippen molar-refractivity contribution in [2.75, 3.05) is 5.32 Å². The van der Waals surface area contributed by atoms with Crippen LogP contribution < -0.4 is 5.32 Å². The van der Waals surface area contributed by atoms with Gasteiger partial charge in [0.15, 0.2) is 5.13 Å². The highest BCUT2D eigenvalue weighted by Gasteiger charge is 2.51. The number of amides is 1. The maximum atomic E-state index is 12.9. The Morgan fingerprint density at radius 3 is 2.56 bits per heavy atom. The number of carboxylic acid groups (broad SMARTS) is 1. The van der Waals surface area contributed by atoms with E-state index in [1.807, 2.05) is 32.9 Å². The van der Waals surface area contributed by atoms with Crippen LogP contribution in [0.4, 0.5) is 5.13 Å². The van der Waals surface area contributed by atoms with Gasteiger partial charge in [-0.05, 0) is 50.7 Å². The lowest BCUT2D eigenvalue weighted by Crippen LogP contribution is -2.36. The molecule has 2 aliphatic carbocycles. The fraction of sp³-hybridized carbons (Fsp3) is 0.381. The van der Waals surface area contributed by atoms with Crippen LogP contribution in [0.5, 0.6) is 0 Å². The smallest absolute Gasteiger partial charge is 0.307 e. The van der Waals surface area contributed by atoms with Crippen molar-refractivity contribution in [1.82, 2.24) is 4.98 Å². The van der Waals surface area contributed by atoms with E-state index in [1.165, 1.54) is 11.3 Å². The highest BCUT2D eigenvalue weighted by molar-refractivity contribution is 7.16. The van der Waals surface area contributed by atoms with Crippen molar-refractivity contribution < 1.29 is 14.7 Å². The van der Waals surface area contributed by atoms with E-state index in [-0.39, 0.29) is 17.7 Å². The number of rotatable bonds is 4. The van der Waals surface area contributed by atoms with Crippen LogP contribution >= 0.6 is 11.3 Å². The van der Waals surface area contributed by atoms with Crippen LogP contribution in [0.2, 0.25) is 0 Å². The number of aromatic nitrogens is 1. The minimum Gasteiger partial charge on any atom is -0.481 e. The van der Waals surface area contributed by atoms with E-state index in [0.717, 1.165) is 33.7 Å². The number of carbonyl (C=O) groups excluding carboxylic acids is 1. The Bertz CT molecular complexity index is 962. The molecule has 2 N–H and O–H groups in total. The van der Waals surface area contributed by atoms with Gasteiger partial charge in [0.1, 0.15) is 0 Å². The second-order valence-corrected chi connectivity index (χ2v) is 8.77. The van der Waals surface area contributed by atoms with Crippen molar-refractivity contribution in [2.24, 2.45) is 23.7 Å². The van der Waals surface area contributed by atoms with Gasteiger partial charge in [0.2, 0.25) is 5.91 Å². The molecular formula is C21H22N2O3S. The number of hydrogen-bond donors (Lipinski definition) is 2. The lowest BCUT2D eigenvalue weighted by molar-refractivity contribution is -0.146. The molecule has 1 aromatic carbocycles. The summed E-state index contributed by atoms with van der Waals surface area (Å²) in [5.41, 5.74) is 4.23. The van der Waals surface area contributed by atoms with E-state index >= 15 is 0 Å². The molecule has 0 spiro atoms. The molecule has 1 saturated carbocycles. The van der Waals surface area contributed by atoms with Crippen molar-refractivity contribution in [3.8, 4) is 11.3 Å². The quantitative estimate of drug-likeness (QED) is 0.777. The van der Waals surface area contributed by atoms with Gasteiger partial charge in [-0.1, -0.05) is 29.8 Å². The molecule has 6 heteroatoms. The molecule has 4 atom stereocenters. The molecule has 0 unspecified atom stereocenters. The van der Waals surface area contributed by atoms with Gasteiger partial charge in [0, 0.05) is 10.4 Å². The maximum absolute atomic E-state index is 12.9. The second-order valence-electron chi connectivity index (χ2n) is 7.57. The first kappa shape index (κ1) is 17.9. The molecule has 4 rings (SSSR count). The third-order valence-electron chi connectivity index (χ3n) is 5.72. The summed E-state index contributed by atoms with van der Waals surface area (Å²) in [4.78, 5) is 30.2. The molecule has 0 radical (unpaired) electrons. The lowest BCUT2D eigenvalue weighted by atomic mass is 9.82. The first-order valence-electron chi connectivity index (χ1n) is 9.12. The van der Waals surface area contributed by atoms with Crippen LogP contribution in [0.15, 0.2) is 30.4 Å². The van der Waals surface area contributed by atoms with Gasteiger partial charge in [-0.25, -0.2) is 4.98 Å². The average Bonchev–Trinajstić information content (AvgIpc) is 3.31. The number of anilines is 1. The zero-order valence-corrected chi connectivity index (χ0v) is 16.3. The van der Waals surface area contributed by atoms with Crippen molar-refractivity contribution in [3.05, 3.63) is 46.4 Å². The molecule has 1 amide bonds. The molecule has 2 aliphatic rings. The minimum absolute atomic E-state index is 0.00986. The van der Waals surface area contributed by atoms with Gasteiger partial charge < -0.3 is 10.4 Å². The van der Waals surface area contributed by atoms with Crippen molar-refractivity contribution in [2.45, 2.75) is 27.2 Å². The molecule has 27 heavy (non-hydrogen) atoms. The topological polar surface area (TPSA) is 79.3 Å². The van der Waals surface area contributed by atoms with Gasteiger partial charge in [-0.3, -0.25) is 9.59 Å². The monoisotopic (exact) mass is 382 g/mol. The summed E-state index contributed by atoms with van der Waals surface area (Å²) in [6, 6.07) is 6.24. The summed E-state index contributed by atoms with van der Waals surface area (Å²) < 4.78 is 0. The van der Waals surface area contributed by atoms with Crippen molar-refractivity contribution in [1.29, 1.82) is 0 Å². The molecule has 140 valence electrons. The summed E-state index contributed by atoms with van der Waals surface area (Å²) >= 11 is 1.43. The lowest BCUT2D eigenvalue weighted by Gasteiger charge is -2.23. The second kappa shape index (κ2) is 6.60. The standard InChI is InChI=1S/C21H22N2O3S/c1-10-4-5-11(2)15(8-10)18-12(3)27-21(22-18)23-19(24)16-13-6-7-14(9-13)17(16)20(25)26/h4-8,13-14,16-17H,9H2,1-3H3,(H,25,26)(H,22,23,24)/t13-,14+,16-,17+/m1/s1. The fourth-order valence-electron chi connectivity index (χ4n) is 4.40. The number of nitrogens with zero attached hydrogens (tertiary/aromatic N) is 1. The molecule has 1 aromatic heterocycles. The average molecular weight is 382 g/mol. The van der Waals surface area contributed by atoms with Gasteiger partial charge in [-0.2, -0.15) is 0 Å². The Morgan fingerprint density at radius 1 is 1.15 bits per heavy atom. The van der Waals surface area contributed by atoms with E-state index in [4.69, 9.17) is 0 Å². The van der Waals surface area contributed by atoms with Crippen LogP contribution in [-0.2, 0) is 9.59 Å². The number of allylic oxidation sites excluding steroid dienone is 2. The molecule has 2 bridgehead atoms. The summed E-state index contributed by atoms with van der Waals surface area (Å²) in [7, 11) is 0. The van der Waals surface area contributed by atoms with E-state index in [9.17, 15) is 14.7 Å². The number of aryl methyl sites for hydroxylation is 3. The third-order valence-corrected chi connectivity index (χ3v) is 6.61. The maximum Gasteiger partial charge on any atom is 0.307 e. The van der Waals surface area contributed by atoms with Crippen LogP contribution in [0.25, 0.3) is 11.3 Å². The third kappa shape index (κ3) is 3.08. The van der Waals surface area contributed by atoms with Crippen molar-refractivity contribution >= 4 is 28.3 Å². The van der Waals surface area contributed by atoms with E-state index in [2.05, 4.69) is 28.5 Å². The van der Waals surface area contributed by atoms with Crippen LogP contribution in [0.3, 0.4) is 0 Å². The summed E-state index contributed by atoms with van der Waals surface area (Å²) in [5, 5.41) is 13.0. The Labute approximate surface area is 162 Å². The van der Waals surface area contributed by atoms with Gasteiger partial charge in [0.05, 0.1) is 17.5 Å². The Kier molecular flexibility index (Phi) is 4.38. The SMILES string of the molecule is Cc1ccc(C)c(-c2nc(NC(=O)[C@H]3[C@@H](C(=O)O)[C@H]4C=C[C@@H]3C4)sc2C)c1. The van der Waals surface area contributed by atoms with E-state index in [0.29, 0.717) is 5.13 Å². The normalized spacial score (nSPS) is 25.7. The van der Waals surface area contributed by atoms with Crippen LogP contribution in [-0.4, -0.2) is 22.0 Å². The molecule has 1 heterocycles. The molecule has 1 fully saturated rings. The number of thiazole rings is 1. The number of aliphatic carboxylic acids is 1. The number of carbonyl (C=O) groups is 2. The van der Waals surface area contributed by atoms with Crippen LogP contribution in [0.1, 0.15) is 22.4 Å². The highest BCUT2D eigenvalue weighted by Crippen LogP contribution is 2.48. The Hall–Kier alpha value is -2.47. The molecule has 0 saturated heterocycles. The Morgan fingerprint density at radius 2 is 1.85 bits per heavy atom. The van der Waals surface area contributed by atoms with Gasteiger partial charge in [0.25, 0.3) is 0 Å². The predicted molar refractivity (Wildman–Crippen MR) is 106 cm³/mol. The first-order chi connectivity index (χ1) is 12.8. The summed E-state index contributed by atoms with van der Waals surface area (Å²) in [6.45, 7) is 6.08. The predicted octanol–water partition coefficient (Wildman–Crippen LogP) is 4.20. The number of hydrogen-bond acceptors (Lipinski definition) is 4. The van der Waals surface area contributed by atoms with Crippen molar-refractivity contribution in [3.63, 3.8) is 0 Å². The Balaban J connectivity index is 1.59. The molecular weight excluding hydrogens is 360 g/mol. The number of fused-ring (bicyclic) bond motifs is 2. The largest absolute Gasteiger partial charge is 0.481 e.